The molecule has 8 nitrogen and oxygen atoms in total. The van der Waals surface area contributed by atoms with Crippen molar-refractivity contribution in [2.45, 2.75) is 52.5 Å². The van der Waals surface area contributed by atoms with E-state index in [1.165, 1.54) is 17.7 Å². The van der Waals surface area contributed by atoms with E-state index < -0.39 is 18.0 Å². The number of nitrogens with zero attached hydrogens (tertiary/aromatic N) is 1. The van der Waals surface area contributed by atoms with E-state index in [9.17, 15) is 14.0 Å². The highest BCUT2D eigenvalue weighted by Gasteiger charge is 2.16. The number of nitrogens with one attached hydrogen (secondary N) is 2. The van der Waals surface area contributed by atoms with Crippen LogP contribution in [0, 0.1) is 5.82 Å². The number of hydrogen-bond donors (Lipinski definition) is 4. The zero-order chi connectivity index (χ0) is 27.6. The van der Waals surface area contributed by atoms with Crippen molar-refractivity contribution in [2.75, 3.05) is 23.0 Å². The summed E-state index contributed by atoms with van der Waals surface area (Å²) in [5.41, 5.74) is 9.28. The number of aliphatic carboxylic acids is 1. The molecule has 0 saturated heterocycles. The lowest BCUT2D eigenvalue weighted by Crippen LogP contribution is -2.15. The quantitative estimate of drug-likeness (QED) is 0.300. The molecule has 3 rings (SSSR count). The van der Waals surface area contributed by atoms with Gasteiger partial charge in [0.25, 0.3) is 0 Å². The van der Waals surface area contributed by atoms with Crippen LogP contribution in [0.1, 0.15) is 57.2 Å². The number of carboxylic acids is 1. The van der Waals surface area contributed by atoms with Gasteiger partial charge in [-0.2, -0.15) is 0 Å². The first-order chi connectivity index (χ1) is 17.4. The van der Waals surface area contributed by atoms with Gasteiger partial charge < -0.3 is 20.9 Å². The highest BCUT2D eigenvalue weighted by atomic mass is 19.1. The number of carbonyl (C=O) groups excluding carboxylic acids is 1. The number of aromatic nitrogens is 1. The second-order valence-electron chi connectivity index (χ2n) is 9.39. The van der Waals surface area contributed by atoms with Crippen LogP contribution in [0.25, 0.3) is 0 Å². The van der Waals surface area contributed by atoms with Gasteiger partial charge in [-0.1, -0.05) is 57.2 Å². The lowest BCUT2D eigenvalue weighted by Gasteiger charge is -2.19. The van der Waals surface area contributed by atoms with E-state index in [1.807, 2.05) is 24.3 Å². The molecular weight excluding hydrogens is 475 g/mol. The van der Waals surface area contributed by atoms with Crippen LogP contribution in [-0.4, -0.2) is 28.8 Å². The van der Waals surface area contributed by atoms with Gasteiger partial charge in [0.2, 0.25) is 0 Å². The van der Waals surface area contributed by atoms with Crippen molar-refractivity contribution < 1.29 is 23.8 Å². The summed E-state index contributed by atoms with van der Waals surface area (Å²) in [6.07, 6.45) is -0.581. The fourth-order valence-corrected chi connectivity index (χ4v) is 3.17. The molecule has 0 bridgehead atoms. The smallest absolute Gasteiger partial charge is 0.411 e. The second-order valence-corrected chi connectivity index (χ2v) is 9.39. The Bertz CT molecular complexity index is 1180. The summed E-state index contributed by atoms with van der Waals surface area (Å²) in [4.78, 5) is 26.2. The van der Waals surface area contributed by atoms with Gasteiger partial charge in [-0.05, 0) is 60.2 Å². The summed E-state index contributed by atoms with van der Waals surface area (Å²) in [6.45, 7) is 10.6. The molecule has 0 aliphatic heterocycles. The summed E-state index contributed by atoms with van der Waals surface area (Å²) in [6, 6.07) is 17.3. The fraction of sp³-hybridized carbons (Fsp3) is 0.321. The third kappa shape index (κ3) is 9.44. The first-order valence-corrected chi connectivity index (χ1v) is 11.9. The highest BCUT2D eigenvalue weighted by molar-refractivity contribution is 5.88. The number of amides is 1. The molecular formula is C28H35FN4O4. The van der Waals surface area contributed by atoms with E-state index in [2.05, 4.69) is 36.4 Å². The SMILES string of the molecule is CCOC(=O)Nc1ccc(NCc2ccc(F)cc2)nc1N.C[C@H](C(=O)O)c1ccc(C(C)(C)C)cc1. The molecule has 5 N–H and O–H groups in total. The number of hydrogen-bond acceptors (Lipinski definition) is 6. The van der Waals surface area contributed by atoms with Crippen LogP contribution in [0.4, 0.5) is 26.5 Å². The Morgan fingerprint density at radius 3 is 2.19 bits per heavy atom. The zero-order valence-electron chi connectivity index (χ0n) is 21.8. The molecule has 1 heterocycles. The molecule has 198 valence electrons. The number of nitrogen functional groups attached to an aromatic ring is 1. The average Bonchev–Trinajstić information content (AvgIpc) is 2.85. The van der Waals surface area contributed by atoms with Gasteiger partial charge in [0.05, 0.1) is 18.2 Å². The van der Waals surface area contributed by atoms with Gasteiger partial charge in [-0.15, -0.1) is 0 Å². The van der Waals surface area contributed by atoms with Crippen LogP contribution >= 0.6 is 0 Å². The third-order valence-electron chi connectivity index (χ3n) is 5.47. The molecule has 0 unspecified atom stereocenters. The van der Waals surface area contributed by atoms with Crippen LogP contribution in [0.5, 0.6) is 0 Å². The Hall–Kier alpha value is -4.14. The molecule has 37 heavy (non-hydrogen) atoms. The van der Waals surface area contributed by atoms with Crippen LogP contribution in [0.3, 0.4) is 0 Å². The third-order valence-corrected chi connectivity index (χ3v) is 5.47. The molecule has 0 aliphatic carbocycles. The van der Waals surface area contributed by atoms with E-state index in [-0.39, 0.29) is 23.7 Å². The number of pyridine rings is 1. The molecule has 1 atom stereocenters. The average molecular weight is 511 g/mol. The highest BCUT2D eigenvalue weighted by Crippen LogP contribution is 2.24. The lowest BCUT2D eigenvalue weighted by atomic mass is 9.86. The first kappa shape index (κ1) is 29.1. The van der Waals surface area contributed by atoms with Gasteiger partial charge >= 0.3 is 12.1 Å². The number of halogens is 1. The molecule has 0 radical (unpaired) electrons. The molecule has 1 amide bonds. The van der Waals surface area contributed by atoms with Gasteiger partial charge in [0, 0.05) is 6.54 Å². The van der Waals surface area contributed by atoms with Crippen molar-refractivity contribution in [3.05, 3.63) is 83.2 Å². The van der Waals surface area contributed by atoms with Crippen molar-refractivity contribution in [3.63, 3.8) is 0 Å². The van der Waals surface area contributed by atoms with E-state index in [1.54, 1.807) is 38.1 Å². The van der Waals surface area contributed by atoms with Gasteiger partial charge in [-0.25, -0.2) is 14.2 Å². The minimum absolute atomic E-state index is 0.116. The predicted molar refractivity (Wildman–Crippen MR) is 144 cm³/mol. The van der Waals surface area contributed by atoms with E-state index in [0.29, 0.717) is 18.1 Å². The van der Waals surface area contributed by atoms with Crippen LogP contribution in [0.15, 0.2) is 60.7 Å². The summed E-state index contributed by atoms with van der Waals surface area (Å²) in [7, 11) is 0. The monoisotopic (exact) mass is 510 g/mol. The molecule has 0 saturated carbocycles. The van der Waals surface area contributed by atoms with Gasteiger partial charge in [0.15, 0.2) is 0 Å². The zero-order valence-corrected chi connectivity index (χ0v) is 21.8. The molecule has 9 heteroatoms. The van der Waals surface area contributed by atoms with E-state index in [4.69, 9.17) is 15.6 Å². The maximum absolute atomic E-state index is 12.8. The summed E-state index contributed by atoms with van der Waals surface area (Å²) in [5, 5.41) is 14.4. The minimum Gasteiger partial charge on any atom is -0.481 e. The largest absolute Gasteiger partial charge is 0.481 e. The van der Waals surface area contributed by atoms with Crippen molar-refractivity contribution in [3.8, 4) is 0 Å². The van der Waals surface area contributed by atoms with E-state index >= 15 is 0 Å². The number of anilines is 3. The Kier molecular flexibility index (Phi) is 10.4. The van der Waals surface area contributed by atoms with Crippen molar-refractivity contribution >= 4 is 29.4 Å². The van der Waals surface area contributed by atoms with Crippen LogP contribution in [-0.2, 0) is 21.5 Å². The summed E-state index contributed by atoms with van der Waals surface area (Å²) < 4.78 is 17.6. The minimum atomic E-state index is -0.779. The number of carbonyl (C=O) groups is 2. The Labute approximate surface area is 217 Å². The number of rotatable bonds is 7. The maximum Gasteiger partial charge on any atom is 0.411 e. The molecule has 3 aromatic rings. The normalized spacial score (nSPS) is 11.5. The number of ether oxygens (including phenoxy) is 1. The molecule has 0 fully saturated rings. The van der Waals surface area contributed by atoms with E-state index in [0.717, 1.165) is 11.1 Å². The number of carboxylic acid groups (broad SMARTS) is 1. The Balaban J connectivity index is 0.000000281. The molecule has 2 aromatic carbocycles. The van der Waals surface area contributed by atoms with Crippen molar-refractivity contribution in [2.24, 2.45) is 0 Å². The maximum atomic E-state index is 12.8. The molecule has 0 spiro atoms. The predicted octanol–water partition coefficient (Wildman–Crippen LogP) is 6.16. The molecule has 1 aromatic heterocycles. The summed E-state index contributed by atoms with van der Waals surface area (Å²) in [5.74, 6) is -0.758. The van der Waals surface area contributed by atoms with Gasteiger partial charge in [0.1, 0.15) is 17.5 Å². The van der Waals surface area contributed by atoms with Crippen LogP contribution in [0.2, 0.25) is 0 Å². The number of benzene rings is 2. The van der Waals surface area contributed by atoms with Crippen molar-refractivity contribution in [1.82, 2.24) is 4.98 Å². The summed E-state index contributed by atoms with van der Waals surface area (Å²) >= 11 is 0. The molecule has 0 aliphatic rings. The van der Waals surface area contributed by atoms with Crippen molar-refractivity contribution in [1.29, 1.82) is 0 Å². The standard InChI is InChI=1S/C15H17FN4O2.C13H18O2/c1-2-22-15(21)19-12-7-8-13(20-14(12)17)18-9-10-3-5-11(16)6-4-10;1-9(12(14)15)10-5-7-11(8-6-10)13(2,3)4/h3-8H,2,9H2,1H3,(H,19,21)(H3,17,18,20);5-9H,1-4H3,(H,14,15)/t;9-/m.0/s1. The Morgan fingerprint density at radius 1 is 1.05 bits per heavy atom. The second kappa shape index (κ2) is 13.2. The topological polar surface area (TPSA) is 127 Å². The first-order valence-electron chi connectivity index (χ1n) is 11.9. The van der Waals surface area contributed by atoms with Crippen LogP contribution < -0.4 is 16.4 Å². The lowest BCUT2D eigenvalue weighted by molar-refractivity contribution is -0.138. The number of nitrogens with two attached hydrogens (primary N) is 1. The Morgan fingerprint density at radius 2 is 1.68 bits per heavy atom. The fourth-order valence-electron chi connectivity index (χ4n) is 3.17. The van der Waals surface area contributed by atoms with Gasteiger partial charge in [-0.3, -0.25) is 10.1 Å².